The number of phenols is 2. The Morgan fingerprint density at radius 3 is 1.37 bits per heavy atom. The monoisotopic (exact) mass is 623 g/mol. The number of carboxylic acid groups (broad SMARTS) is 2. The number of hydrogen-bond acceptors (Lipinski definition) is 11. The van der Waals surface area contributed by atoms with Gasteiger partial charge >= 0.3 is 11.9 Å². The molecule has 234 valence electrons. The highest BCUT2D eigenvalue weighted by Crippen LogP contribution is 2.34. The van der Waals surface area contributed by atoms with Crippen molar-refractivity contribution in [3.8, 4) is 11.5 Å². The Balaban J connectivity index is 1.53. The van der Waals surface area contributed by atoms with Crippen molar-refractivity contribution in [1.82, 2.24) is 4.57 Å². The highest BCUT2D eigenvalue weighted by atomic mass is 16.4. The topological polar surface area (TPSA) is 248 Å². The lowest BCUT2D eigenvalue weighted by molar-refractivity contribution is 0.0682. The van der Waals surface area contributed by atoms with Crippen molar-refractivity contribution in [3.63, 3.8) is 0 Å². The Morgan fingerprint density at radius 1 is 0.652 bits per heavy atom. The summed E-state index contributed by atoms with van der Waals surface area (Å²) in [6.07, 6.45) is 2.81. The summed E-state index contributed by atoms with van der Waals surface area (Å²) in [7, 11) is 0. The molecule has 0 amide bonds. The maximum atomic E-state index is 12.7. The van der Waals surface area contributed by atoms with E-state index >= 15 is 0 Å². The smallest absolute Gasteiger partial charge is 0.339 e. The number of rotatable bonds is 8. The van der Waals surface area contributed by atoms with E-state index in [1.807, 2.05) is 0 Å². The minimum atomic E-state index is -1.28. The van der Waals surface area contributed by atoms with Gasteiger partial charge in [-0.15, -0.1) is 0 Å². The normalized spacial score (nSPS) is 12.0. The molecule has 0 atom stereocenters. The van der Waals surface area contributed by atoms with Crippen LogP contribution in [0.2, 0.25) is 0 Å². The molecule has 4 aromatic carbocycles. The number of hydrazine groups is 2. The van der Waals surface area contributed by atoms with Crippen molar-refractivity contribution in [2.75, 3.05) is 10.0 Å². The lowest BCUT2D eigenvalue weighted by atomic mass is 10.1. The molecule has 0 spiro atoms. The third-order valence-corrected chi connectivity index (χ3v) is 7.32. The number of aromatic nitrogens is 1. The van der Waals surface area contributed by atoms with Crippen LogP contribution in [0.5, 0.6) is 11.5 Å². The first kappa shape index (κ1) is 30.9. The Kier molecular flexibility index (Phi) is 7.99. The minimum absolute atomic E-state index is 0.150. The molecule has 14 heteroatoms. The van der Waals surface area contributed by atoms with Gasteiger partial charge in [-0.2, -0.15) is 0 Å². The van der Waals surface area contributed by atoms with Gasteiger partial charge in [-0.3, -0.25) is 19.4 Å². The number of carbonyl (C=O) groups is 3. The standard InChI is InChI=1S/C32H29N7O7/c1-16(40)39-27-8-4-19(37(35)14-25(33)17-2-6-21(31(43)44)29(41)10-17)12-23(27)24-13-20(5-9-28(24)39)38(36)15-26(34)18-3-7-22(32(45)46)30(42)11-18/h2-15,41-42H,33-36H2,1H3,(H,43,44)(H,45,46)/b25-14-,26-15-. The lowest BCUT2D eigenvalue weighted by Gasteiger charge is -2.16. The molecular formula is C32H29N7O7. The number of carboxylic acids is 2. The molecule has 5 rings (SSSR count). The summed E-state index contributed by atoms with van der Waals surface area (Å²) >= 11 is 0. The van der Waals surface area contributed by atoms with E-state index in [0.717, 1.165) is 0 Å². The van der Waals surface area contributed by atoms with Gasteiger partial charge in [-0.05, 0) is 60.7 Å². The maximum absolute atomic E-state index is 12.7. The van der Waals surface area contributed by atoms with Crippen LogP contribution in [-0.4, -0.2) is 42.8 Å². The molecule has 5 aromatic rings. The van der Waals surface area contributed by atoms with Crippen LogP contribution in [0.3, 0.4) is 0 Å². The van der Waals surface area contributed by atoms with Gasteiger partial charge in [0.1, 0.15) is 22.6 Å². The fourth-order valence-corrected chi connectivity index (χ4v) is 5.04. The van der Waals surface area contributed by atoms with Crippen LogP contribution in [0.1, 0.15) is 43.6 Å². The van der Waals surface area contributed by atoms with E-state index in [1.165, 1.54) is 65.7 Å². The third-order valence-electron chi connectivity index (χ3n) is 7.32. The van der Waals surface area contributed by atoms with Gasteiger partial charge in [-0.1, -0.05) is 12.1 Å². The zero-order chi connectivity index (χ0) is 33.4. The average Bonchev–Trinajstić information content (AvgIpc) is 3.33. The molecule has 46 heavy (non-hydrogen) atoms. The summed E-state index contributed by atoms with van der Waals surface area (Å²) in [6, 6.07) is 18.2. The highest BCUT2D eigenvalue weighted by molar-refractivity contribution is 6.14. The van der Waals surface area contributed by atoms with Crippen LogP contribution in [0.15, 0.2) is 85.2 Å². The number of fused-ring (bicyclic) bond motifs is 3. The van der Waals surface area contributed by atoms with E-state index in [-0.39, 0.29) is 28.4 Å². The second kappa shape index (κ2) is 11.9. The number of nitrogens with two attached hydrogens (primary N) is 4. The Bertz CT molecular complexity index is 1990. The Hall–Kier alpha value is -6.51. The number of nitrogens with zero attached hydrogens (tertiary/aromatic N) is 3. The second-order valence-corrected chi connectivity index (χ2v) is 10.3. The Morgan fingerprint density at radius 2 is 1.04 bits per heavy atom. The van der Waals surface area contributed by atoms with E-state index in [9.17, 15) is 24.6 Å². The molecule has 0 fully saturated rings. The molecule has 0 aliphatic carbocycles. The summed E-state index contributed by atoms with van der Waals surface area (Å²) in [4.78, 5) is 35.1. The van der Waals surface area contributed by atoms with Crippen LogP contribution in [0, 0.1) is 0 Å². The third kappa shape index (κ3) is 5.71. The SMILES string of the molecule is CC(=O)n1c2ccc(N(N)/C=C(\N)c3ccc(C(=O)O)c(O)c3)cc2c2cc(N(N)/C=C(\N)c3ccc(C(=O)O)c(O)c3)ccc21. The van der Waals surface area contributed by atoms with Crippen molar-refractivity contribution in [2.24, 2.45) is 23.2 Å². The maximum Gasteiger partial charge on any atom is 0.339 e. The van der Waals surface area contributed by atoms with Crippen LogP contribution < -0.4 is 33.2 Å². The average molecular weight is 624 g/mol. The van der Waals surface area contributed by atoms with Gasteiger partial charge in [0.2, 0.25) is 5.91 Å². The van der Waals surface area contributed by atoms with E-state index in [4.69, 9.17) is 33.4 Å². The molecule has 0 aliphatic rings. The van der Waals surface area contributed by atoms with Gasteiger partial charge in [0.05, 0.1) is 33.8 Å². The first-order valence-corrected chi connectivity index (χ1v) is 13.5. The quantitative estimate of drug-likeness (QED) is 0.0911. The summed E-state index contributed by atoms with van der Waals surface area (Å²) in [5.74, 6) is 8.97. The molecule has 12 N–H and O–H groups in total. The molecule has 0 unspecified atom stereocenters. The minimum Gasteiger partial charge on any atom is -0.507 e. The van der Waals surface area contributed by atoms with Gasteiger partial charge in [0.15, 0.2) is 0 Å². The molecule has 0 saturated carbocycles. The molecular weight excluding hydrogens is 594 g/mol. The fraction of sp³-hybridized carbons (Fsp3) is 0.0312. The van der Waals surface area contributed by atoms with E-state index in [2.05, 4.69) is 0 Å². The predicted octanol–water partition coefficient (Wildman–Crippen LogP) is 3.54. The molecule has 0 saturated heterocycles. The lowest BCUT2D eigenvalue weighted by Crippen LogP contribution is -2.25. The van der Waals surface area contributed by atoms with Gasteiger partial charge in [0, 0.05) is 41.2 Å². The number of aromatic hydroxyl groups is 2. The fourth-order valence-electron chi connectivity index (χ4n) is 5.04. The van der Waals surface area contributed by atoms with Crippen molar-refractivity contribution in [2.45, 2.75) is 6.92 Å². The molecule has 1 aromatic heterocycles. The Labute approximate surface area is 260 Å². The molecule has 14 nitrogen and oxygen atoms in total. The molecule has 1 heterocycles. The summed E-state index contributed by atoms with van der Waals surface area (Å²) in [6.45, 7) is 1.44. The van der Waals surface area contributed by atoms with Crippen molar-refractivity contribution >= 4 is 62.4 Å². The first-order chi connectivity index (χ1) is 21.8. The van der Waals surface area contributed by atoms with E-state index in [1.54, 1.807) is 41.0 Å². The number of hydrogen-bond donors (Lipinski definition) is 8. The molecule has 0 aliphatic heterocycles. The zero-order valence-electron chi connectivity index (χ0n) is 24.2. The molecule has 0 radical (unpaired) electrons. The van der Waals surface area contributed by atoms with Crippen LogP contribution in [0.25, 0.3) is 33.2 Å². The van der Waals surface area contributed by atoms with Crippen LogP contribution in [-0.2, 0) is 0 Å². The van der Waals surface area contributed by atoms with Gasteiger partial charge in [0.25, 0.3) is 0 Å². The number of benzene rings is 4. The zero-order valence-corrected chi connectivity index (χ0v) is 24.2. The number of aromatic carboxylic acids is 2. The van der Waals surface area contributed by atoms with Crippen LogP contribution >= 0.6 is 0 Å². The second-order valence-electron chi connectivity index (χ2n) is 10.3. The van der Waals surface area contributed by atoms with E-state index in [0.29, 0.717) is 44.3 Å². The number of anilines is 2. The summed E-state index contributed by atoms with van der Waals surface area (Å²) in [5, 5.41) is 42.2. The van der Waals surface area contributed by atoms with Crippen molar-refractivity contribution in [3.05, 3.63) is 107 Å². The summed E-state index contributed by atoms with van der Waals surface area (Å²) in [5.41, 5.74) is 15.1. The highest BCUT2D eigenvalue weighted by Gasteiger charge is 2.17. The molecule has 0 bridgehead atoms. The predicted molar refractivity (Wildman–Crippen MR) is 174 cm³/mol. The number of carbonyl (C=O) groups excluding carboxylic acids is 1. The van der Waals surface area contributed by atoms with Crippen LogP contribution in [0.4, 0.5) is 11.4 Å². The first-order valence-electron chi connectivity index (χ1n) is 13.5. The van der Waals surface area contributed by atoms with Gasteiger partial charge in [-0.25, -0.2) is 21.3 Å². The summed E-state index contributed by atoms with van der Waals surface area (Å²) < 4.78 is 1.55. The van der Waals surface area contributed by atoms with Crippen molar-refractivity contribution in [1.29, 1.82) is 0 Å². The van der Waals surface area contributed by atoms with Crippen molar-refractivity contribution < 1.29 is 34.8 Å². The van der Waals surface area contributed by atoms with E-state index < -0.39 is 23.4 Å². The largest absolute Gasteiger partial charge is 0.507 e. The van der Waals surface area contributed by atoms with Gasteiger partial charge < -0.3 is 31.9 Å².